The topological polar surface area (TPSA) is 49.4 Å². The molecule has 1 fully saturated rings. The van der Waals surface area contributed by atoms with E-state index in [0.717, 1.165) is 28.8 Å². The smallest absolute Gasteiger partial charge is 0.255 e. The highest BCUT2D eigenvalue weighted by molar-refractivity contribution is 9.10. The van der Waals surface area contributed by atoms with Gasteiger partial charge in [-0.15, -0.1) is 0 Å². The normalized spacial score (nSPS) is 14.2. The summed E-state index contributed by atoms with van der Waals surface area (Å²) in [5.41, 5.74) is 2.06. The van der Waals surface area contributed by atoms with E-state index in [0.29, 0.717) is 12.0 Å². The molecule has 2 aromatic rings. The molecule has 2 amide bonds. The molecular weight excluding hydrogens is 344 g/mol. The van der Waals surface area contributed by atoms with Gasteiger partial charge in [0.1, 0.15) is 0 Å². The van der Waals surface area contributed by atoms with Crippen LogP contribution < -0.4 is 10.2 Å². The molecular formula is C17H15BrN2O2. The number of hydrogen-bond acceptors (Lipinski definition) is 2. The minimum Gasteiger partial charge on any atom is -0.322 e. The van der Waals surface area contributed by atoms with E-state index in [1.165, 1.54) is 0 Å². The molecule has 1 N–H and O–H groups in total. The largest absolute Gasteiger partial charge is 0.322 e. The summed E-state index contributed by atoms with van der Waals surface area (Å²) < 4.78 is 0.958. The number of carbonyl (C=O) groups is 2. The highest BCUT2D eigenvalue weighted by Gasteiger charge is 2.22. The van der Waals surface area contributed by atoms with Crippen LogP contribution in [-0.4, -0.2) is 18.4 Å². The van der Waals surface area contributed by atoms with Gasteiger partial charge in [-0.2, -0.15) is 0 Å². The fourth-order valence-electron chi connectivity index (χ4n) is 2.47. The maximum Gasteiger partial charge on any atom is 0.255 e. The Bertz CT molecular complexity index is 713. The number of halogens is 1. The van der Waals surface area contributed by atoms with Crippen LogP contribution in [0.1, 0.15) is 23.2 Å². The Morgan fingerprint density at radius 2 is 1.91 bits per heavy atom. The molecule has 5 heteroatoms. The van der Waals surface area contributed by atoms with Crippen LogP contribution in [0.3, 0.4) is 0 Å². The number of nitrogens with zero attached hydrogens (tertiary/aromatic N) is 1. The molecule has 3 rings (SSSR count). The third-order valence-electron chi connectivity index (χ3n) is 3.60. The molecule has 22 heavy (non-hydrogen) atoms. The predicted octanol–water partition coefficient (Wildman–Crippen LogP) is 3.83. The van der Waals surface area contributed by atoms with Gasteiger partial charge in [0.2, 0.25) is 5.91 Å². The van der Waals surface area contributed by atoms with Gasteiger partial charge >= 0.3 is 0 Å². The second-order valence-corrected chi connectivity index (χ2v) is 6.08. The molecule has 0 unspecified atom stereocenters. The summed E-state index contributed by atoms with van der Waals surface area (Å²) in [4.78, 5) is 25.9. The average Bonchev–Trinajstić information content (AvgIpc) is 2.96. The Labute approximate surface area is 137 Å². The molecule has 1 heterocycles. The fraction of sp³-hybridized carbons (Fsp3) is 0.176. The monoisotopic (exact) mass is 358 g/mol. The molecule has 4 nitrogen and oxygen atoms in total. The van der Waals surface area contributed by atoms with E-state index in [1.54, 1.807) is 23.1 Å². The van der Waals surface area contributed by atoms with Crippen LogP contribution in [-0.2, 0) is 4.79 Å². The maximum atomic E-state index is 12.3. The van der Waals surface area contributed by atoms with Crippen molar-refractivity contribution in [2.24, 2.45) is 0 Å². The second-order valence-electron chi connectivity index (χ2n) is 5.16. The lowest BCUT2D eigenvalue weighted by atomic mass is 10.1. The molecule has 1 aliphatic rings. The van der Waals surface area contributed by atoms with E-state index in [2.05, 4.69) is 21.2 Å². The van der Waals surface area contributed by atoms with Crippen molar-refractivity contribution in [1.29, 1.82) is 0 Å². The van der Waals surface area contributed by atoms with Gasteiger partial charge in [0.25, 0.3) is 5.91 Å². The average molecular weight is 359 g/mol. The molecule has 1 aliphatic heterocycles. The standard InChI is InChI=1S/C17H15BrN2O2/c18-13-6-8-14(9-7-13)19-17(22)12-3-1-4-15(11-12)20-10-2-5-16(20)21/h1,3-4,6-9,11H,2,5,10H2,(H,19,22). The van der Waals surface area contributed by atoms with Crippen LogP contribution in [0.2, 0.25) is 0 Å². The molecule has 0 bridgehead atoms. The third-order valence-corrected chi connectivity index (χ3v) is 4.12. The van der Waals surface area contributed by atoms with E-state index < -0.39 is 0 Å². The van der Waals surface area contributed by atoms with Crippen LogP contribution in [0.4, 0.5) is 11.4 Å². The molecule has 2 aromatic carbocycles. The van der Waals surface area contributed by atoms with E-state index in [-0.39, 0.29) is 11.8 Å². The van der Waals surface area contributed by atoms with E-state index in [1.807, 2.05) is 30.3 Å². The van der Waals surface area contributed by atoms with Crippen molar-refractivity contribution < 1.29 is 9.59 Å². The van der Waals surface area contributed by atoms with Gasteiger partial charge in [0.15, 0.2) is 0 Å². The summed E-state index contributed by atoms with van der Waals surface area (Å²) >= 11 is 3.36. The molecule has 0 aromatic heterocycles. The van der Waals surface area contributed by atoms with Crippen molar-refractivity contribution >= 4 is 39.1 Å². The lowest BCUT2D eigenvalue weighted by molar-refractivity contribution is -0.117. The first-order valence-electron chi connectivity index (χ1n) is 7.11. The first kappa shape index (κ1) is 14.8. The minimum atomic E-state index is -0.184. The van der Waals surface area contributed by atoms with Crippen molar-refractivity contribution in [1.82, 2.24) is 0 Å². The molecule has 0 saturated carbocycles. The molecule has 112 valence electrons. The zero-order valence-corrected chi connectivity index (χ0v) is 13.5. The SMILES string of the molecule is O=C(Nc1ccc(Br)cc1)c1cccc(N2CCCC2=O)c1. The van der Waals surface area contributed by atoms with Crippen molar-refractivity contribution in [2.75, 3.05) is 16.8 Å². The first-order chi connectivity index (χ1) is 10.6. The van der Waals surface area contributed by atoms with Crippen LogP contribution in [0.25, 0.3) is 0 Å². The Balaban J connectivity index is 1.78. The molecule has 1 saturated heterocycles. The fourth-order valence-corrected chi connectivity index (χ4v) is 2.74. The van der Waals surface area contributed by atoms with Gasteiger partial charge in [0.05, 0.1) is 0 Å². The summed E-state index contributed by atoms with van der Waals surface area (Å²) in [5, 5.41) is 2.85. The summed E-state index contributed by atoms with van der Waals surface area (Å²) in [6.45, 7) is 0.719. The number of carbonyl (C=O) groups excluding carboxylic acids is 2. The van der Waals surface area contributed by atoms with Crippen molar-refractivity contribution in [3.63, 3.8) is 0 Å². The Kier molecular flexibility index (Phi) is 4.24. The number of amides is 2. The Morgan fingerprint density at radius 1 is 1.14 bits per heavy atom. The van der Waals surface area contributed by atoms with Gasteiger partial charge < -0.3 is 10.2 Å². The Hall–Kier alpha value is -2.14. The number of rotatable bonds is 3. The van der Waals surface area contributed by atoms with Gasteiger partial charge in [-0.1, -0.05) is 22.0 Å². The molecule has 0 atom stereocenters. The van der Waals surface area contributed by atoms with Crippen LogP contribution in [0.15, 0.2) is 53.0 Å². The second kappa shape index (κ2) is 6.32. The Morgan fingerprint density at radius 3 is 2.59 bits per heavy atom. The number of anilines is 2. The molecule has 0 aliphatic carbocycles. The lowest BCUT2D eigenvalue weighted by Crippen LogP contribution is -2.24. The quantitative estimate of drug-likeness (QED) is 0.906. The number of nitrogens with one attached hydrogen (secondary N) is 1. The van der Waals surface area contributed by atoms with Crippen LogP contribution >= 0.6 is 15.9 Å². The van der Waals surface area contributed by atoms with Crippen LogP contribution in [0.5, 0.6) is 0 Å². The van der Waals surface area contributed by atoms with Crippen molar-refractivity contribution in [3.05, 3.63) is 58.6 Å². The zero-order valence-electron chi connectivity index (χ0n) is 11.9. The summed E-state index contributed by atoms with van der Waals surface area (Å²) in [5.74, 6) is -0.0683. The number of benzene rings is 2. The summed E-state index contributed by atoms with van der Waals surface area (Å²) in [6, 6.07) is 14.6. The first-order valence-corrected chi connectivity index (χ1v) is 7.90. The maximum absolute atomic E-state index is 12.3. The van der Waals surface area contributed by atoms with E-state index in [4.69, 9.17) is 0 Å². The molecule has 0 spiro atoms. The van der Waals surface area contributed by atoms with Gasteiger partial charge in [-0.05, 0) is 48.9 Å². The van der Waals surface area contributed by atoms with Crippen molar-refractivity contribution in [3.8, 4) is 0 Å². The summed E-state index contributed by atoms with van der Waals surface area (Å²) in [6.07, 6.45) is 1.45. The van der Waals surface area contributed by atoms with Gasteiger partial charge in [-0.3, -0.25) is 9.59 Å². The predicted molar refractivity (Wildman–Crippen MR) is 90.1 cm³/mol. The highest BCUT2D eigenvalue weighted by atomic mass is 79.9. The van der Waals surface area contributed by atoms with Crippen molar-refractivity contribution in [2.45, 2.75) is 12.8 Å². The minimum absolute atomic E-state index is 0.116. The third kappa shape index (κ3) is 3.20. The summed E-state index contributed by atoms with van der Waals surface area (Å²) in [7, 11) is 0. The highest BCUT2D eigenvalue weighted by Crippen LogP contribution is 2.23. The molecule has 0 radical (unpaired) electrons. The van der Waals surface area contributed by atoms with Crippen LogP contribution in [0, 0.1) is 0 Å². The number of hydrogen-bond donors (Lipinski definition) is 1. The lowest BCUT2D eigenvalue weighted by Gasteiger charge is -2.16. The van der Waals surface area contributed by atoms with E-state index >= 15 is 0 Å². The zero-order chi connectivity index (χ0) is 15.5. The van der Waals surface area contributed by atoms with Gasteiger partial charge in [0, 0.05) is 34.4 Å². The van der Waals surface area contributed by atoms with Gasteiger partial charge in [-0.25, -0.2) is 0 Å². The van der Waals surface area contributed by atoms with E-state index in [9.17, 15) is 9.59 Å².